The molecule has 0 spiro atoms. The van der Waals surface area contributed by atoms with Crippen molar-refractivity contribution in [2.24, 2.45) is 5.14 Å². The zero-order valence-corrected chi connectivity index (χ0v) is 8.26. The average Bonchev–Trinajstić information content (AvgIpc) is 2.16. The molecule has 0 saturated heterocycles. The average molecular weight is 201 g/mol. The van der Waals surface area contributed by atoms with E-state index in [2.05, 4.69) is 0 Å². The summed E-state index contributed by atoms with van der Waals surface area (Å²) in [6.45, 7) is 0. The smallest absolute Gasteiger partial charge is 0.140 e. The summed E-state index contributed by atoms with van der Waals surface area (Å²) in [5, 5.41) is 5.23. The third kappa shape index (κ3) is 2.19. The molecule has 0 heterocycles. The first-order chi connectivity index (χ1) is 6.19. The van der Waals surface area contributed by atoms with Gasteiger partial charge in [-0.1, -0.05) is 0 Å². The van der Waals surface area contributed by atoms with E-state index in [-0.39, 0.29) is 0 Å². The van der Waals surface area contributed by atoms with Gasteiger partial charge in [0.2, 0.25) is 0 Å². The quantitative estimate of drug-likeness (QED) is 0.782. The third-order valence-corrected chi connectivity index (χ3v) is 2.36. The van der Waals surface area contributed by atoms with Crippen molar-refractivity contribution in [1.29, 1.82) is 0 Å². The van der Waals surface area contributed by atoms with E-state index in [1.165, 1.54) is 7.11 Å². The molecule has 1 rings (SSSR count). The Hall–Kier alpha value is -1.07. The molecule has 13 heavy (non-hydrogen) atoms. The normalized spacial score (nSPS) is 12.2. The van der Waals surface area contributed by atoms with E-state index >= 15 is 0 Å². The lowest BCUT2D eigenvalue weighted by atomic mass is 10.3. The van der Waals surface area contributed by atoms with Gasteiger partial charge in [-0.3, -0.25) is 0 Å². The predicted molar refractivity (Wildman–Crippen MR) is 50.1 cm³/mol. The maximum atomic E-state index is 11.0. The molecule has 0 fully saturated rings. The van der Waals surface area contributed by atoms with Crippen molar-refractivity contribution in [3.63, 3.8) is 0 Å². The van der Waals surface area contributed by atoms with Gasteiger partial charge < -0.3 is 9.47 Å². The number of rotatable bonds is 3. The summed E-state index contributed by atoms with van der Waals surface area (Å²) in [6.07, 6.45) is 0. The number of nitrogens with two attached hydrogens (primary N) is 1. The summed E-state index contributed by atoms with van der Waals surface area (Å²) in [5.74, 6) is 1.12. The second-order valence-corrected chi connectivity index (χ2v) is 3.35. The molecule has 2 N–H and O–H groups in total. The van der Waals surface area contributed by atoms with Gasteiger partial charge in [0, 0.05) is 6.07 Å². The fraction of sp³-hybridized carbons (Fsp3) is 0.250. The number of ether oxygens (including phenoxy) is 2. The summed E-state index contributed by atoms with van der Waals surface area (Å²) < 4.78 is 21.0. The first-order valence-electron chi connectivity index (χ1n) is 3.57. The van der Waals surface area contributed by atoms with E-state index in [4.69, 9.17) is 14.6 Å². The predicted octanol–water partition coefficient (Wildman–Crippen LogP) is 0.685. The molecular weight excluding hydrogens is 190 g/mol. The maximum Gasteiger partial charge on any atom is 0.140 e. The van der Waals surface area contributed by atoms with Crippen molar-refractivity contribution < 1.29 is 13.7 Å². The first kappa shape index (κ1) is 10.0. The molecular formula is C8H11NO3S. The van der Waals surface area contributed by atoms with Gasteiger partial charge in [0.05, 0.1) is 19.1 Å². The Bertz CT molecular complexity index is 327. The van der Waals surface area contributed by atoms with Crippen LogP contribution in [-0.4, -0.2) is 18.4 Å². The molecule has 0 amide bonds. The zero-order chi connectivity index (χ0) is 9.84. The lowest BCUT2D eigenvalue weighted by Crippen LogP contribution is -2.04. The minimum atomic E-state index is -1.53. The van der Waals surface area contributed by atoms with E-state index in [1.807, 2.05) is 0 Å². The number of hydrogen-bond acceptors (Lipinski definition) is 3. The Balaban J connectivity index is 3.15. The topological polar surface area (TPSA) is 61.5 Å². The Kier molecular flexibility index (Phi) is 3.27. The van der Waals surface area contributed by atoms with Crippen LogP contribution in [0.1, 0.15) is 0 Å². The van der Waals surface area contributed by atoms with Crippen LogP contribution in [0.4, 0.5) is 0 Å². The van der Waals surface area contributed by atoms with Gasteiger partial charge in [0.15, 0.2) is 0 Å². The molecule has 0 unspecified atom stereocenters. The minimum Gasteiger partial charge on any atom is -0.497 e. The molecule has 0 aromatic heterocycles. The monoisotopic (exact) mass is 201 g/mol. The largest absolute Gasteiger partial charge is 0.497 e. The van der Waals surface area contributed by atoms with E-state index in [9.17, 15) is 4.21 Å². The van der Waals surface area contributed by atoms with Crippen molar-refractivity contribution in [2.75, 3.05) is 14.2 Å². The van der Waals surface area contributed by atoms with Crippen molar-refractivity contribution in [3.05, 3.63) is 18.2 Å². The van der Waals surface area contributed by atoms with Gasteiger partial charge in [-0.25, -0.2) is 9.35 Å². The molecule has 0 radical (unpaired) electrons. The van der Waals surface area contributed by atoms with Crippen molar-refractivity contribution in [1.82, 2.24) is 0 Å². The highest BCUT2D eigenvalue weighted by molar-refractivity contribution is 7.82. The minimum absolute atomic E-state index is 0.461. The molecule has 1 atom stereocenters. The molecule has 0 aliphatic carbocycles. The van der Waals surface area contributed by atoms with Crippen LogP contribution in [0, 0.1) is 0 Å². The van der Waals surface area contributed by atoms with Gasteiger partial charge in [0.1, 0.15) is 22.5 Å². The molecule has 0 bridgehead atoms. The highest BCUT2D eigenvalue weighted by Gasteiger charge is 2.07. The highest BCUT2D eigenvalue weighted by Crippen LogP contribution is 2.25. The fourth-order valence-corrected chi connectivity index (χ4v) is 1.48. The van der Waals surface area contributed by atoms with Gasteiger partial charge in [-0.05, 0) is 12.1 Å². The molecule has 5 heteroatoms. The Labute approximate surface area is 79.2 Å². The molecule has 4 nitrogen and oxygen atoms in total. The summed E-state index contributed by atoms with van der Waals surface area (Å²) in [4.78, 5) is 0.461. The molecule has 0 aliphatic rings. The molecule has 0 aliphatic heterocycles. The highest BCUT2D eigenvalue weighted by atomic mass is 32.2. The summed E-state index contributed by atoms with van der Waals surface area (Å²) >= 11 is 0. The van der Waals surface area contributed by atoms with E-state index in [0.29, 0.717) is 16.4 Å². The molecule has 1 aromatic carbocycles. The lowest BCUT2D eigenvalue weighted by Gasteiger charge is -2.07. The third-order valence-electron chi connectivity index (χ3n) is 1.59. The fourth-order valence-electron chi connectivity index (χ4n) is 0.941. The van der Waals surface area contributed by atoms with Crippen LogP contribution in [0.5, 0.6) is 11.5 Å². The van der Waals surface area contributed by atoms with Crippen molar-refractivity contribution in [3.8, 4) is 11.5 Å². The number of methoxy groups -OCH3 is 2. The summed E-state index contributed by atoms with van der Waals surface area (Å²) in [7, 11) is 1.51. The number of benzene rings is 1. The van der Waals surface area contributed by atoms with Crippen LogP contribution in [0.3, 0.4) is 0 Å². The Morgan fingerprint density at radius 1 is 1.31 bits per heavy atom. The van der Waals surface area contributed by atoms with Crippen LogP contribution in [0.2, 0.25) is 0 Å². The van der Waals surface area contributed by atoms with E-state index < -0.39 is 11.0 Å². The Morgan fingerprint density at radius 2 is 2.00 bits per heavy atom. The zero-order valence-electron chi connectivity index (χ0n) is 7.44. The van der Waals surface area contributed by atoms with Gasteiger partial charge in [-0.15, -0.1) is 0 Å². The van der Waals surface area contributed by atoms with E-state index in [1.54, 1.807) is 25.3 Å². The standard InChI is InChI=1S/C8H11NO3S/c1-11-6-3-4-8(13(9)10)7(5-6)12-2/h3-5H,9H2,1-2H3/t13-/m1/s1. The van der Waals surface area contributed by atoms with E-state index in [0.717, 1.165) is 0 Å². The summed E-state index contributed by atoms with van der Waals surface area (Å²) in [6, 6.07) is 4.94. The Morgan fingerprint density at radius 3 is 2.46 bits per heavy atom. The van der Waals surface area contributed by atoms with Crippen LogP contribution < -0.4 is 14.6 Å². The van der Waals surface area contributed by atoms with Crippen LogP contribution >= 0.6 is 0 Å². The van der Waals surface area contributed by atoms with Crippen LogP contribution in [0.25, 0.3) is 0 Å². The van der Waals surface area contributed by atoms with Gasteiger partial charge in [0.25, 0.3) is 0 Å². The first-order valence-corrected chi connectivity index (χ1v) is 4.78. The second kappa shape index (κ2) is 4.25. The maximum absolute atomic E-state index is 11.0. The lowest BCUT2D eigenvalue weighted by molar-refractivity contribution is 0.387. The van der Waals surface area contributed by atoms with Gasteiger partial charge >= 0.3 is 0 Å². The van der Waals surface area contributed by atoms with Gasteiger partial charge in [-0.2, -0.15) is 0 Å². The number of hydrogen-bond donors (Lipinski definition) is 1. The molecule has 72 valence electrons. The van der Waals surface area contributed by atoms with Crippen molar-refractivity contribution >= 4 is 11.0 Å². The molecule has 1 aromatic rings. The van der Waals surface area contributed by atoms with Crippen LogP contribution in [0.15, 0.2) is 23.1 Å². The SMILES string of the molecule is COc1ccc([S@](N)=O)c(OC)c1. The summed E-state index contributed by atoms with van der Waals surface area (Å²) in [5.41, 5.74) is 0. The molecule has 0 saturated carbocycles. The second-order valence-electron chi connectivity index (χ2n) is 2.31. The van der Waals surface area contributed by atoms with Crippen molar-refractivity contribution in [2.45, 2.75) is 4.90 Å². The van der Waals surface area contributed by atoms with Crippen LogP contribution in [-0.2, 0) is 11.0 Å².